The van der Waals surface area contributed by atoms with Crippen LogP contribution < -0.4 is 10.0 Å². The summed E-state index contributed by atoms with van der Waals surface area (Å²) in [6, 6.07) is 12.7. The summed E-state index contributed by atoms with van der Waals surface area (Å²) in [6.07, 6.45) is 0.305. The van der Waals surface area contributed by atoms with Gasteiger partial charge in [-0.1, -0.05) is 24.3 Å². The van der Waals surface area contributed by atoms with Gasteiger partial charge in [-0.3, -0.25) is 18.9 Å². The highest BCUT2D eigenvalue weighted by Gasteiger charge is 2.34. The first-order chi connectivity index (χ1) is 12.8. The average Bonchev–Trinajstić information content (AvgIpc) is 2.65. The Balaban J connectivity index is 1.97. The lowest BCUT2D eigenvalue weighted by molar-refractivity contribution is -0.125. The molecule has 9 heteroatoms. The number of amides is 2. The molecule has 0 unspecified atom stereocenters. The van der Waals surface area contributed by atoms with Crippen LogP contribution in [-0.2, 0) is 28.1 Å². The van der Waals surface area contributed by atoms with Crippen molar-refractivity contribution in [3.05, 3.63) is 65.2 Å². The van der Waals surface area contributed by atoms with Crippen molar-refractivity contribution < 1.29 is 22.6 Å². The SMILES string of the molecule is CNC(=O)[C@@H]1Cc2ccc(NS(=O)(=O)O)cc2CN1C(=O)c1ccccc1. The molecule has 142 valence electrons. The molecule has 0 spiro atoms. The van der Waals surface area contributed by atoms with Crippen LogP contribution in [0.3, 0.4) is 0 Å². The zero-order chi connectivity index (χ0) is 19.6. The van der Waals surface area contributed by atoms with Crippen LogP contribution in [0.25, 0.3) is 0 Å². The molecule has 3 rings (SSSR count). The Morgan fingerprint density at radius 3 is 2.44 bits per heavy atom. The third-order valence-electron chi connectivity index (χ3n) is 4.41. The van der Waals surface area contributed by atoms with Crippen LogP contribution in [0.4, 0.5) is 5.69 Å². The van der Waals surface area contributed by atoms with E-state index < -0.39 is 16.3 Å². The topological polar surface area (TPSA) is 116 Å². The van der Waals surface area contributed by atoms with Gasteiger partial charge in [0.2, 0.25) is 5.91 Å². The van der Waals surface area contributed by atoms with Crippen LogP contribution in [-0.4, -0.2) is 42.8 Å². The molecule has 1 atom stereocenters. The molecule has 8 nitrogen and oxygen atoms in total. The second-order valence-corrected chi connectivity index (χ2v) is 7.35. The van der Waals surface area contributed by atoms with E-state index in [1.807, 2.05) is 4.72 Å². The smallest absolute Gasteiger partial charge is 0.357 e. The van der Waals surface area contributed by atoms with Gasteiger partial charge in [-0.05, 0) is 35.4 Å². The van der Waals surface area contributed by atoms with E-state index >= 15 is 0 Å². The van der Waals surface area contributed by atoms with Crippen molar-refractivity contribution in [2.24, 2.45) is 0 Å². The summed E-state index contributed by atoms with van der Waals surface area (Å²) >= 11 is 0. The Labute approximate surface area is 157 Å². The van der Waals surface area contributed by atoms with Crippen molar-refractivity contribution in [3.63, 3.8) is 0 Å². The summed E-state index contributed by atoms with van der Waals surface area (Å²) < 4.78 is 33.0. The quantitative estimate of drug-likeness (QED) is 0.680. The van der Waals surface area contributed by atoms with E-state index in [0.29, 0.717) is 17.5 Å². The van der Waals surface area contributed by atoms with E-state index in [1.54, 1.807) is 42.5 Å². The molecule has 0 aromatic heterocycles. The molecule has 2 amide bonds. The summed E-state index contributed by atoms with van der Waals surface area (Å²) in [4.78, 5) is 26.8. The number of hydrogen-bond acceptors (Lipinski definition) is 4. The van der Waals surface area contributed by atoms with Crippen molar-refractivity contribution in [2.45, 2.75) is 19.0 Å². The molecule has 2 aromatic rings. The first kappa shape index (κ1) is 18.9. The van der Waals surface area contributed by atoms with Gasteiger partial charge >= 0.3 is 10.3 Å². The zero-order valence-corrected chi connectivity index (χ0v) is 15.4. The summed E-state index contributed by atoms with van der Waals surface area (Å²) in [5.41, 5.74) is 2.18. The Bertz CT molecular complexity index is 976. The van der Waals surface area contributed by atoms with Crippen LogP contribution in [0.15, 0.2) is 48.5 Å². The fourth-order valence-corrected chi connectivity index (χ4v) is 3.58. The highest BCUT2D eigenvalue weighted by molar-refractivity contribution is 7.87. The van der Waals surface area contributed by atoms with Gasteiger partial charge in [0.15, 0.2) is 0 Å². The molecule has 1 aliphatic heterocycles. The molecule has 3 N–H and O–H groups in total. The number of fused-ring (bicyclic) bond motifs is 1. The highest BCUT2D eigenvalue weighted by Crippen LogP contribution is 2.28. The van der Waals surface area contributed by atoms with E-state index in [2.05, 4.69) is 5.32 Å². The van der Waals surface area contributed by atoms with Crippen LogP contribution in [0.1, 0.15) is 21.5 Å². The fourth-order valence-electron chi connectivity index (χ4n) is 3.16. The largest absolute Gasteiger partial charge is 0.357 e. The number of nitrogens with zero attached hydrogens (tertiary/aromatic N) is 1. The molecular weight excluding hydrogens is 370 g/mol. The van der Waals surface area contributed by atoms with Gasteiger partial charge in [-0.15, -0.1) is 0 Å². The van der Waals surface area contributed by atoms with Crippen molar-refractivity contribution in [2.75, 3.05) is 11.8 Å². The fraction of sp³-hybridized carbons (Fsp3) is 0.222. The molecule has 0 bridgehead atoms. The number of nitrogens with one attached hydrogen (secondary N) is 2. The highest BCUT2D eigenvalue weighted by atomic mass is 32.2. The third-order valence-corrected chi connectivity index (χ3v) is 4.91. The summed E-state index contributed by atoms with van der Waals surface area (Å²) in [6.45, 7) is 0.141. The van der Waals surface area contributed by atoms with E-state index in [-0.39, 0.29) is 24.0 Å². The summed E-state index contributed by atoms with van der Waals surface area (Å²) in [5.74, 6) is -0.562. The van der Waals surface area contributed by atoms with E-state index in [1.165, 1.54) is 18.0 Å². The monoisotopic (exact) mass is 389 g/mol. The number of rotatable bonds is 4. The molecule has 0 fully saturated rings. The number of anilines is 1. The first-order valence-electron chi connectivity index (χ1n) is 8.23. The number of hydrogen-bond donors (Lipinski definition) is 3. The molecular formula is C18H19N3O5S. The number of likely N-dealkylation sites (N-methyl/N-ethyl adjacent to an activating group) is 1. The van der Waals surface area contributed by atoms with Crippen LogP contribution >= 0.6 is 0 Å². The lowest BCUT2D eigenvalue weighted by Gasteiger charge is -2.36. The lowest BCUT2D eigenvalue weighted by atomic mass is 9.92. The van der Waals surface area contributed by atoms with Gasteiger partial charge in [0, 0.05) is 25.6 Å². The van der Waals surface area contributed by atoms with Crippen LogP contribution in [0, 0.1) is 0 Å². The maximum absolute atomic E-state index is 12.9. The third kappa shape index (κ3) is 4.26. The lowest BCUT2D eigenvalue weighted by Crippen LogP contribution is -2.51. The Kier molecular flexibility index (Phi) is 5.15. The normalized spacial score (nSPS) is 16.4. The van der Waals surface area contributed by atoms with E-state index in [4.69, 9.17) is 4.55 Å². The Hall–Kier alpha value is -2.91. The predicted octanol–water partition coefficient (Wildman–Crippen LogP) is 1.21. The molecule has 0 saturated heterocycles. The second kappa shape index (κ2) is 7.37. The standard InChI is InChI=1S/C18H19N3O5S/c1-19-17(22)16-10-13-7-8-15(20-27(24,25)26)9-14(13)11-21(16)18(23)12-5-3-2-4-6-12/h2-9,16,20H,10-11H2,1H3,(H,19,22)(H,24,25,26)/t16-/m0/s1. The van der Waals surface area contributed by atoms with Crippen molar-refractivity contribution in [1.82, 2.24) is 10.2 Å². The minimum atomic E-state index is -4.40. The predicted molar refractivity (Wildman–Crippen MR) is 99.5 cm³/mol. The van der Waals surface area contributed by atoms with Gasteiger partial charge in [-0.2, -0.15) is 8.42 Å². The minimum Gasteiger partial charge on any atom is -0.357 e. The van der Waals surface area contributed by atoms with Gasteiger partial charge in [0.25, 0.3) is 5.91 Å². The van der Waals surface area contributed by atoms with Gasteiger partial charge in [0.05, 0.1) is 5.69 Å². The first-order valence-corrected chi connectivity index (χ1v) is 9.67. The molecule has 2 aromatic carbocycles. The molecule has 1 heterocycles. The Morgan fingerprint density at radius 1 is 1.11 bits per heavy atom. The van der Waals surface area contributed by atoms with Gasteiger partial charge in [0.1, 0.15) is 6.04 Å². The number of benzene rings is 2. The number of carbonyl (C=O) groups excluding carboxylic acids is 2. The molecule has 0 saturated carbocycles. The second-order valence-electron chi connectivity index (χ2n) is 6.19. The van der Waals surface area contributed by atoms with Gasteiger partial charge in [-0.25, -0.2) is 0 Å². The van der Waals surface area contributed by atoms with E-state index in [9.17, 15) is 18.0 Å². The molecule has 1 aliphatic rings. The minimum absolute atomic E-state index is 0.141. The maximum atomic E-state index is 12.9. The van der Waals surface area contributed by atoms with E-state index in [0.717, 1.165) is 5.56 Å². The number of carbonyl (C=O) groups is 2. The molecule has 0 aliphatic carbocycles. The summed E-state index contributed by atoms with van der Waals surface area (Å²) in [5, 5.41) is 2.59. The summed E-state index contributed by atoms with van der Waals surface area (Å²) in [7, 11) is -2.88. The maximum Gasteiger partial charge on any atom is 0.357 e. The zero-order valence-electron chi connectivity index (χ0n) is 14.5. The Morgan fingerprint density at radius 2 is 1.81 bits per heavy atom. The van der Waals surface area contributed by atoms with Gasteiger partial charge < -0.3 is 10.2 Å². The molecule has 27 heavy (non-hydrogen) atoms. The van der Waals surface area contributed by atoms with Crippen molar-refractivity contribution >= 4 is 27.8 Å². The van der Waals surface area contributed by atoms with Crippen LogP contribution in [0.5, 0.6) is 0 Å². The van der Waals surface area contributed by atoms with Crippen molar-refractivity contribution in [3.8, 4) is 0 Å². The molecule has 0 radical (unpaired) electrons. The van der Waals surface area contributed by atoms with Crippen molar-refractivity contribution in [1.29, 1.82) is 0 Å². The average molecular weight is 389 g/mol. The van der Waals surface area contributed by atoms with Crippen LogP contribution in [0.2, 0.25) is 0 Å².